The highest BCUT2D eigenvalue weighted by Crippen LogP contribution is 2.21. The van der Waals surface area contributed by atoms with E-state index in [0.717, 1.165) is 34.4 Å². The van der Waals surface area contributed by atoms with Crippen molar-refractivity contribution >= 4 is 33.2 Å². The van der Waals surface area contributed by atoms with Gasteiger partial charge in [-0.2, -0.15) is 0 Å². The molecule has 0 aromatic heterocycles. The van der Waals surface area contributed by atoms with E-state index in [-0.39, 0.29) is 12.5 Å². The predicted molar refractivity (Wildman–Crippen MR) is 118 cm³/mol. The van der Waals surface area contributed by atoms with Crippen molar-refractivity contribution in [2.24, 2.45) is 0 Å². The molecule has 2 N–H and O–H groups in total. The molecular weight excluding hydrogens is 416 g/mol. The number of para-hydroxylation sites is 1. The zero-order valence-corrected chi connectivity index (χ0v) is 17.1. The Morgan fingerprint density at radius 2 is 1.61 bits per heavy atom. The molecule has 0 fully saturated rings. The molecule has 0 heterocycles. The van der Waals surface area contributed by atoms with Gasteiger partial charge in [-0.1, -0.05) is 42.5 Å². The Bertz CT molecular complexity index is 883. The van der Waals surface area contributed by atoms with Gasteiger partial charge in [-0.15, -0.1) is 0 Å². The summed E-state index contributed by atoms with van der Waals surface area (Å²) in [6, 6.07) is 25.6. The van der Waals surface area contributed by atoms with E-state index in [2.05, 4.69) is 50.8 Å². The van der Waals surface area contributed by atoms with E-state index in [4.69, 9.17) is 4.74 Å². The normalized spacial score (nSPS) is 10.3. The first-order chi connectivity index (χ1) is 13.7. The summed E-state index contributed by atoms with van der Waals surface area (Å²) in [4.78, 5) is 12.1. The number of carbonyl (C=O) groups excluding carboxylic acids is 1. The van der Waals surface area contributed by atoms with Crippen LogP contribution in [0.2, 0.25) is 0 Å². The molecule has 28 heavy (non-hydrogen) atoms. The summed E-state index contributed by atoms with van der Waals surface area (Å²) < 4.78 is 6.65. The highest BCUT2D eigenvalue weighted by Gasteiger charge is 2.05. The highest BCUT2D eigenvalue weighted by molar-refractivity contribution is 9.10. The van der Waals surface area contributed by atoms with Gasteiger partial charge in [0.05, 0.1) is 18.8 Å². The summed E-state index contributed by atoms with van der Waals surface area (Å²) in [5.74, 6) is 0.726. The van der Waals surface area contributed by atoms with Crippen LogP contribution in [0.5, 0.6) is 5.75 Å². The third-order valence-electron chi connectivity index (χ3n) is 4.18. The van der Waals surface area contributed by atoms with E-state index >= 15 is 0 Å². The van der Waals surface area contributed by atoms with E-state index in [0.29, 0.717) is 6.61 Å². The Balaban J connectivity index is 1.38. The summed E-state index contributed by atoms with van der Waals surface area (Å²) in [5.41, 5.74) is 2.96. The number of anilines is 2. The molecule has 3 aromatic rings. The fourth-order valence-corrected chi connectivity index (χ4v) is 3.10. The number of ether oxygens (including phenoxy) is 1. The fourth-order valence-electron chi connectivity index (χ4n) is 2.72. The second kappa shape index (κ2) is 10.5. The molecule has 3 rings (SSSR count). The second-order valence-electron chi connectivity index (χ2n) is 6.34. The number of carbonyl (C=O) groups is 1. The van der Waals surface area contributed by atoms with Crippen LogP contribution in [0.15, 0.2) is 83.3 Å². The van der Waals surface area contributed by atoms with E-state index in [1.165, 1.54) is 5.56 Å². The smallest absolute Gasteiger partial charge is 0.243 e. The van der Waals surface area contributed by atoms with Crippen molar-refractivity contribution in [3.63, 3.8) is 0 Å². The number of amides is 1. The van der Waals surface area contributed by atoms with Crippen LogP contribution >= 0.6 is 15.9 Å². The summed E-state index contributed by atoms with van der Waals surface area (Å²) >= 11 is 3.42. The van der Waals surface area contributed by atoms with Crippen molar-refractivity contribution in [2.75, 3.05) is 23.8 Å². The van der Waals surface area contributed by atoms with Crippen LogP contribution < -0.4 is 15.4 Å². The first-order valence-corrected chi connectivity index (χ1v) is 10.0. The highest BCUT2D eigenvalue weighted by atomic mass is 79.9. The topological polar surface area (TPSA) is 50.4 Å². The summed E-state index contributed by atoms with van der Waals surface area (Å²) in [6.45, 7) is 0.870. The van der Waals surface area contributed by atoms with Crippen LogP contribution in [0.25, 0.3) is 0 Å². The lowest BCUT2D eigenvalue weighted by molar-refractivity contribution is -0.114. The molecule has 0 aliphatic rings. The molecule has 144 valence electrons. The lowest BCUT2D eigenvalue weighted by atomic mass is 10.1. The number of halogens is 1. The van der Waals surface area contributed by atoms with E-state index < -0.39 is 0 Å². The standard InChI is InChI=1S/C23H23BrN2O2/c24-21-10-4-5-11-22(21)26-23(27)17-25-19-12-14-20(15-13-19)28-16-6-9-18-7-2-1-3-8-18/h1-5,7-8,10-15,25H,6,9,16-17H2,(H,26,27). The average molecular weight is 439 g/mol. The summed E-state index contributed by atoms with van der Waals surface area (Å²) in [7, 11) is 0. The summed E-state index contributed by atoms with van der Waals surface area (Å²) in [6.07, 6.45) is 1.98. The zero-order valence-electron chi connectivity index (χ0n) is 15.5. The third kappa shape index (κ3) is 6.43. The zero-order chi connectivity index (χ0) is 19.6. The van der Waals surface area contributed by atoms with Gasteiger partial charge in [-0.05, 0) is 70.7 Å². The molecule has 0 radical (unpaired) electrons. The lowest BCUT2D eigenvalue weighted by Gasteiger charge is -2.10. The van der Waals surface area contributed by atoms with Gasteiger partial charge in [-0.3, -0.25) is 4.79 Å². The number of rotatable bonds is 9. The summed E-state index contributed by atoms with van der Waals surface area (Å²) in [5, 5.41) is 5.98. The van der Waals surface area contributed by atoms with Gasteiger partial charge < -0.3 is 15.4 Å². The van der Waals surface area contributed by atoms with Crippen LogP contribution in [-0.2, 0) is 11.2 Å². The van der Waals surface area contributed by atoms with Crippen LogP contribution in [0.4, 0.5) is 11.4 Å². The number of nitrogens with one attached hydrogen (secondary N) is 2. The number of aryl methyl sites for hydroxylation is 1. The van der Waals surface area contributed by atoms with Crippen molar-refractivity contribution in [3.05, 3.63) is 88.9 Å². The van der Waals surface area contributed by atoms with Gasteiger partial charge in [-0.25, -0.2) is 0 Å². The van der Waals surface area contributed by atoms with Crippen molar-refractivity contribution < 1.29 is 9.53 Å². The Hall–Kier alpha value is -2.79. The first kappa shape index (κ1) is 20.0. The van der Waals surface area contributed by atoms with Gasteiger partial charge in [0.15, 0.2) is 0 Å². The van der Waals surface area contributed by atoms with E-state index in [9.17, 15) is 4.79 Å². The maximum Gasteiger partial charge on any atom is 0.243 e. The number of benzene rings is 3. The molecule has 0 bridgehead atoms. The van der Waals surface area contributed by atoms with Gasteiger partial charge >= 0.3 is 0 Å². The predicted octanol–water partition coefficient (Wildman–Crippen LogP) is 5.51. The van der Waals surface area contributed by atoms with E-state index in [1.807, 2.05) is 54.6 Å². The SMILES string of the molecule is O=C(CNc1ccc(OCCCc2ccccc2)cc1)Nc1ccccc1Br. The molecule has 0 saturated heterocycles. The van der Waals surface area contributed by atoms with Crippen molar-refractivity contribution in [1.29, 1.82) is 0 Å². The molecular formula is C23H23BrN2O2. The van der Waals surface area contributed by atoms with Gasteiger partial charge in [0.25, 0.3) is 0 Å². The molecule has 0 unspecified atom stereocenters. The Labute approximate surface area is 174 Å². The maximum absolute atomic E-state index is 12.1. The van der Waals surface area contributed by atoms with E-state index in [1.54, 1.807) is 0 Å². The molecule has 3 aromatic carbocycles. The molecule has 0 aliphatic carbocycles. The number of hydrogen-bond donors (Lipinski definition) is 2. The maximum atomic E-state index is 12.1. The van der Waals surface area contributed by atoms with Crippen LogP contribution in [-0.4, -0.2) is 19.1 Å². The van der Waals surface area contributed by atoms with Crippen LogP contribution in [0.1, 0.15) is 12.0 Å². The molecule has 0 saturated carbocycles. The lowest BCUT2D eigenvalue weighted by Crippen LogP contribution is -2.21. The van der Waals surface area contributed by atoms with Crippen LogP contribution in [0.3, 0.4) is 0 Å². The molecule has 0 atom stereocenters. The average Bonchev–Trinajstić information content (AvgIpc) is 2.73. The fraction of sp³-hybridized carbons (Fsp3) is 0.174. The Kier molecular flexibility index (Phi) is 7.50. The van der Waals surface area contributed by atoms with Gasteiger partial charge in [0.1, 0.15) is 5.75 Å². The molecule has 5 heteroatoms. The van der Waals surface area contributed by atoms with Crippen LogP contribution in [0, 0.1) is 0 Å². The minimum atomic E-state index is -0.104. The van der Waals surface area contributed by atoms with Gasteiger partial charge in [0, 0.05) is 10.2 Å². The quantitative estimate of drug-likeness (QED) is 0.432. The third-order valence-corrected chi connectivity index (χ3v) is 4.87. The van der Waals surface area contributed by atoms with Gasteiger partial charge in [0.2, 0.25) is 5.91 Å². The minimum absolute atomic E-state index is 0.104. The van der Waals surface area contributed by atoms with Crippen molar-refractivity contribution in [1.82, 2.24) is 0 Å². The largest absolute Gasteiger partial charge is 0.494 e. The Morgan fingerprint density at radius 1 is 0.893 bits per heavy atom. The molecule has 0 aliphatic heterocycles. The van der Waals surface area contributed by atoms with Crippen molar-refractivity contribution in [2.45, 2.75) is 12.8 Å². The Morgan fingerprint density at radius 3 is 2.36 bits per heavy atom. The molecule has 1 amide bonds. The molecule has 4 nitrogen and oxygen atoms in total. The molecule has 0 spiro atoms. The van der Waals surface area contributed by atoms with Crippen molar-refractivity contribution in [3.8, 4) is 5.75 Å². The number of hydrogen-bond acceptors (Lipinski definition) is 3. The minimum Gasteiger partial charge on any atom is -0.494 e. The first-order valence-electron chi connectivity index (χ1n) is 9.26. The monoisotopic (exact) mass is 438 g/mol. The second-order valence-corrected chi connectivity index (χ2v) is 7.20.